The SMILES string of the molecule is NC(=O)c1cc(Br)ccc1NC1(C(=O)O)CCCC1. The molecule has 0 atom stereocenters. The topological polar surface area (TPSA) is 92.4 Å². The smallest absolute Gasteiger partial charge is 0.329 e. The lowest BCUT2D eigenvalue weighted by molar-refractivity contribution is -0.142. The molecule has 0 heterocycles. The van der Waals surface area contributed by atoms with E-state index in [9.17, 15) is 14.7 Å². The number of nitrogens with one attached hydrogen (secondary N) is 1. The van der Waals surface area contributed by atoms with Crippen LogP contribution in [0.3, 0.4) is 0 Å². The maximum atomic E-state index is 11.5. The number of carboxylic acid groups (broad SMARTS) is 1. The highest BCUT2D eigenvalue weighted by molar-refractivity contribution is 9.10. The molecule has 6 heteroatoms. The van der Waals surface area contributed by atoms with Crippen LogP contribution in [0.5, 0.6) is 0 Å². The van der Waals surface area contributed by atoms with Crippen LogP contribution in [0.25, 0.3) is 0 Å². The first-order valence-corrected chi connectivity index (χ1v) is 6.85. The minimum Gasteiger partial charge on any atom is -0.480 e. The molecule has 0 saturated heterocycles. The fourth-order valence-electron chi connectivity index (χ4n) is 2.46. The summed E-state index contributed by atoms with van der Waals surface area (Å²) in [5.41, 5.74) is 5.11. The van der Waals surface area contributed by atoms with E-state index in [1.807, 2.05) is 0 Å². The van der Waals surface area contributed by atoms with Crippen LogP contribution in [0.2, 0.25) is 0 Å². The van der Waals surface area contributed by atoms with Gasteiger partial charge in [-0.2, -0.15) is 0 Å². The number of anilines is 1. The number of hydrogen-bond donors (Lipinski definition) is 3. The number of rotatable bonds is 4. The molecule has 1 saturated carbocycles. The second kappa shape index (κ2) is 5.21. The summed E-state index contributed by atoms with van der Waals surface area (Å²) < 4.78 is 0.725. The summed E-state index contributed by atoms with van der Waals surface area (Å²) in [6.07, 6.45) is 2.83. The lowest BCUT2D eigenvalue weighted by atomic mass is 9.96. The van der Waals surface area contributed by atoms with Gasteiger partial charge in [0.2, 0.25) is 0 Å². The number of aliphatic carboxylic acids is 1. The van der Waals surface area contributed by atoms with Crippen LogP contribution in [0.4, 0.5) is 5.69 Å². The molecule has 4 N–H and O–H groups in total. The lowest BCUT2D eigenvalue weighted by Gasteiger charge is -2.27. The van der Waals surface area contributed by atoms with Gasteiger partial charge in [-0.05, 0) is 31.0 Å². The minimum atomic E-state index is -0.988. The molecule has 0 radical (unpaired) electrons. The van der Waals surface area contributed by atoms with Gasteiger partial charge in [-0.1, -0.05) is 28.8 Å². The van der Waals surface area contributed by atoms with Gasteiger partial charge in [-0.15, -0.1) is 0 Å². The van der Waals surface area contributed by atoms with Gasteiger partial charge in [-0.3, -0.25) is 4.79 Å². The first-order valence-electron chi connectivity index (χ1n) is 6.05. The molecule has 102 valence electrons. The van der Waals surface area contributed by atoms with Gasteiger partial charge in [0.25, 0.3) is 5.91 Å². The van der Waals surface area contributed by atoms with E-state index in [0.29, 0.717) is 24.1 Å². The molecule has 5 nitrogen and oxygen atoms in total. The standard InChI is InChI=1S/C13H15BrN2O3/c14-8-3-4-10(9(7-8)11(15)17)16-13(12(18)19)5-1-2-6-13/h3-4,7,16H,1-2,5-6H2,(H2,15,17)(H,18,19). The Kier molecular flexibility index (Phi) is 3.80. The Morgan fingerprint density at radius 3 is 2.47 bits per heavy atom. The molecular weight excluding hydrogens is 312 g/mol. The van der Waals surface area contributed by atoms with E-state index < -0.39 is 17.4 Å². The largest absolute Gasteiger partial charge is 0.480 e. The van der Waals surface area contributed by atoms with Crippen molar-refractivity contribution in [1.82, 2.24) is 0 Å². The molecular formula is C13H15BrN2O3. The Balaban J connectivity index is 2.37. The molecule has 1 aromatic carbocycles. The first-order chi connectivity index (χ1) is 8.94. The number of amides is 1. The third kappa shape index (κ3) is 2.73. The highest BCUT2D eigenvalue weighted by atomic mass is 79.9. The maximum absolute atomic E-state index is 11.5. The zero-order valence-electron chi connectivity index (χ0n) is 10.3. The summed E-state index contributed by atoms with van der Waals surface area (Å²) in [7, 11) is 0. The van der Waals surface area contributed by atoms with E-state index in [4.69, 9.17) is 5.73 Å². The number of carbonyl (C=O) groups excluding carboxylic acids is 1. The third-order valence-corrected chi connectivity index (χ3v) is 3.98. The van der Waals surface area contributed by atoms with Crippen LogP contribution in [0.15, 0.2) is 22.7 Å². The number of carbonyl (C=O) groups is 2. The van der Waals surface area contributed by atoms with Crippen molar-refractivity contribution >= 4 is 33.5 Å². The average Bonchev–Trinajstić information content (AvgIpc) is 2.81. The van der Waals surface area contributed by atoms with Crippen molar-refractivity contribution in [2.24, 2.45) is 5.73 Å². The van der Waals surface area contributed by atoms with Crippen LogP contribution in [-0.4, -0.2) is 22.5 Å². The Hall–Kier alpha value is -1.56. The summed E-state index contributed by atoms with van der Waals surface area (Å²) in [4.78, 5) is 22.9. The molecule has 19 heavy (non-hydrogen) atoms. The van der Waals surface area contributed by atoms with Gasteiger partial charge in [-0.25, -0.2) is 4.79 Å². The predicted molar refractivity (Wildman–Crippen MR) is 75.1 cm³/mol. The average molecular weight is 327 g/mol. The van der Waals surface area contributed by atoms with Crippen LogP contribution >= 0.6 is 15.9 Å². The molecule has 1 fully saturated rings. The summed E-state index contributed by atoms with van der Waals surface area (Å²) in [5, 5.41) is 12.4. The molecule has 2 rings (SSSR count). The van der Waals surface area contributed by atoms with Gasteiger partial charge in [0, 0.05) is 10.2 Å². The van der Waals surface area contributed by atoms with Crippen molar-refractivity contribution in [3.8, 4) is 0 Å². The maximum Gasteiger partial charge on any atom is 0.329 e. The summed E-state index contributed by atoms with van der Waals surface area (Å²) in [5.74, 6) is -1.47. The zero-order chi connectivity index (χ0) is 14.0. The Morgan fingerprint density at radius 2 is 1.95 bits per heavy atom. The lowest BCUT2D eigenvalue weighted by Crippen LogP contribution is -2.44. The number of benzene rings is 1. The van der Waals surface area contributed by atoms with Crippen LogP contribution in [0, 0.1) is 0 Å². The molecule has 0 aromatic heterocycles. The van der Waals surface area contributed by atoms with Crippen LogP contribution < -0.4 is 11.1 Å². The van der Waals surface area contributed by atoms with Crippen molar-refractivity contribution in [2.45, 2.75) is 31.2 Å². The first kappa shape index (κ1) is 13.9. The molecule has 1 amide bonds. The van der Waals surface area contributed by atoms with Gasteiger partial charge in [0.15, 0.2) is 0 Å². The fourth-order valence-corrected chi connectivity index (χ4v) is 2.82. The van der Waals surface area contributed by atoms with Gasteiger partial charge in [0.1, 0.15) is 5.54 Å². The summed E-state index contributed by atoms with van der Waals surface area (Å²) >= 11 is 3.27. The Labute approximate surface area is 119 Å². The van der Waals surface area contributed by atoms with E-state index in [2.05, 4.69) is 21.2 Å². The highest BCUT2D eigenvalue weighted by Gasteiger charge is 2.41. The second-order valence-corrected chi connectivity index (χ2v) is 5.69. The number of halogens is 1. The van der Waals surface area contributed by atoms with E-state index in [-0.39, 0.29) is 0 Å². The van der Waals surface area contributed by atoms with E-state index in [1.165, 1.54) is 0 Å². The summed E-state index contributed by atoms with van der Waals surface area (Å²) in [6.45, 7) is 0. The third-order valence-electron chi connectivity index (χ3n) is 3.49. The Morgan fingerprint density at radius 1 is 1.32 bits per heavy atom. The second-order valence-electron chi connectivity index (χ2n) is 4.77. The quantitative estimate of drug-likeness (QED) is 0.791. The van der Waals surface area contributed by atoms with Gasteiger partial charge < -0.3 is 16.2 Å². The normalized spacial score (nSPS) is 17.1. The zero-order valence-corrected chi connectivity index (χ0v) is 11.9. The molecule has 1 aliphatic rings. The molecule has 1 aromatic rings. The Bertz CT molecular complexity index is 525. The predicted octanol–water partition coefficient (Wildman–Crippen LogP) is 2.36. The van der Waals surface area contributed by atoms with E-state index >= 15 is 0 Å². The molecule has 0 unspecified atom stereocenters. The van der Waals surface area contributed by atoms with Crippen molar-refractivity contribution in [2.75, 3.05) is 5.32 Å². The van der Waals surface area contributed by atoms with Gasteiger partial charge >= 0.3 is 5.97 Å². The minimum absolute atomic E-state index is 0.293. The monoisotopic (exact) mass is 326 g/mol. The van der Waals surface area contributed by atoms with Crippen molar-refractivity contribution in [3.63, 3.8) is 0 Å². The molecule has 0 aliphatic heterocycles. The fraction of sp³-hybridized carbons (Fsp3) is 0.385. The van der Waals surface area contributed by atoms with E-state index in [1.54, 1.807) is 18.2 Å². The van der Waals surface area contributed by atoms with Crippen LogP contribution in [-0.2, 0) is 4.79 Å². The molecule has 1 aliphatic carbocycles. The summed E-state index contributed by atoms with van der Waals surface area (Å²) in [6, 6.07) is 5.02. The molecule has 0 bridgehead atoms. The number of hydrogen-bond acceptors (Lipinski definition) is 3. The van der Waals surface area contributed by atoms with E-state index in [0.717, 1.165) is 17.3 Å². The number of carboxylic acids is 1. The van der Waals surface area contributed by atoms with Crippen molar-refractivity contribution in [1.29, 1.82) is 0 Å². The van der Waals surface area contributed by atoms with Crippen LogP contribution in [0.1, 0.15) is 36.0 Å². The number of nitrogens with two attached hydrogens (primary N) is 1. The van der Waals surface area contributed by atoms with Gasteiger partial charge in [0.05, 0.1) is 5.56 Å². The van der Waals surface area contributed by atoms with Crippen molar-refractivity contribution < 1.29 is 14.7 Å². The molecule has 0 spiro atoms. The van der Waals surface area contributed by atoms with Crippen molar-refractivity contribution in [3.05, 3.63) is 28.2 Å². The highest BCUT2D eigenvalue weighted by Crippen LogP contribution is 2.35. The number of primary amides is 1.